The first kappa shape index (κ1) is 23.7. The molecule has 0 heterocycles. The first-order chi connectivity index (χ1) is 13.9. The number of benzene rings is 2. The summed E-state index contributed by atoms with van der Waals surface area (Å²) in [5.41, 5.74) is 3.53. The van der Waals surface area contributed by atoms with Gasteiger partial charge in [0.2, 0.25) is 15.9 Å². The van der Waals surface area contributed by atoms with E-state index in [0.717, 1.165) is 27.4 Å². The van der Waals surface area contributed by atoms with Gasteiger partial charge in [0.25, 0.3) is 0 Å². The Morgan fingerprint density at radius 2 is 1.70 bits per heavy atom. The third-order valence-corrected chi connectivity index (χ3v) is 5.86. The lowest BCUT2D eigenvalue weighted by Gasteiger charge is -2.24. The van der Waals surface area contributed by atoms with E-state index in [9.17, 15) is 13.2 Å². The molecule has 0 atom stereocenters. The lowest BCUT2D eigenvalue weighted by atomic mass is 9.87. The SMILES string of the molecule is Cc1ccc(C)c(N(CC(=O)NCCOc2ccc(C(C)(C)C)cc2)S(C)(=O)=O)c1. The molecule has 0 radical (unpaired) electrons. The monoisotopic (exact) mass is 432 g/mol. The number of amides is 1. The Kier molecular flexibility index (Phi) is 7.53. The highest BCUT2D eigenvalue weighted by atomic mass is 32.2. The van der Waals surface area contributed by atoms with Crippen LogP contribution in [0.15, 0.2) is 42.5 Å². The van der Waals surface area contributed by atoms with Gasteiger partial charge in [0.15, 0.2) is 0 Å². The molecule has 0 aromatic heterocycles. The highest BCUT2D eigenvalue weighted by Crippen LogP contribution is 2.25. The number of anilines is 1. The van der Waals surface area contributed by atoms with Crippen LogP contribution in [0, 0.1) is 13.8 Å². The minimum Gasteiger partial charge on any atom is -0.492 e. The van der Waals surface area contributed by atoms with Crippen molar-refractivity contribution in [1.29, 1.82) is 0 Å². The molecule has 30 heavy (non-hydrogen) atoms. The standard InChI is InChI=1S/C23H32N2O4S/c1-17-7-8-18(2)21(15-17)25(30(6,27)28)16-22(26)24-13-14-29-20-11-9-19(10-12-20)23(3,4)5/h7-12,15H,13-14,16H2,1-6H3,(H,24,26). The number of carbonyl (C=O) groups excluding carboxylic acids is 1. The average Bonchev–Trinajstić information content (AvgIpc) is 2.64. The third-order valence-electron chi connectivity index (χ3n) is 4.73. The third kappa shape index (κ3) is 6.76. The van der Waals surface area contributed by atoms with Gasteiger partial charge in [-0.25, -0.2) is 8.42 Å². The molecule has 0 saturated carbocycles. The van der Waals surface area contributed by atoms with Gasteiger partial charge >= 0.3 is 0 Å². The smallest absolute Gasteiger partial charge is 0.240 e. The largest absolute Gasteiger partial charge is 0.492 e. The van der Waals surface area contributed by atoms with Crippen molar-refractivity contribution in [2.24, 2.45) is 0 Å². The van der Waals surface area contributed by atoms with Crippen LogP contribution in [0.2, 0.25) is 0 Å². The molecule has 2 aromatic rings. The van der Waals surface area contributed by atoms with E-state index in [-0.39, 0.29) is 24.4 Å². The Labute approximate surface area is 180 Å². The lowest BCUT2D eigenvalue weighted by Crippen LogP contribution is -2.41. The molecule has 0 aliphatic rings. The summed E-state index contributed by atoms with van der Waals surface area (Å²) in [6.07, 6.45) is 1.10. The van der Waals surface area contributed by atoms with Crippen LogP contribution in [0.4, 0.5) is 5.69 Å². The molecule has 0 saturated heterocycles. The van der Waals surface area contributed by atoms with Crippen molar-refractivity contribution in [3.8, 4) is 5.75 Å². The second-order valence-electron chi connectivity index (χ2n) is 8.53. The van der Waals surface area contributed by atoms with E-state index in [1.165, 1.54) is 5.56 Å². The second-order valence-corrected chi connectivity index (χ2v) is 10.4. The molecule has 0 unspecified atom stereocenters. The second kappa shape index (κ2) is 9.51. The number of hydrogen-bond donors (Lipinski definition) is 1. The van der Waals surface area contributed by atoms with Crippen molar-refractivity contribution in [2.75, 3.05) is 30.3 Å². The Morgan fingerprint density at radius 1 is 1.07 bits per heavy atom. The van der Waals surface area contributed by atoms with Crippen LogP contribution in [0.3, 0.4) is 0 Å². The molecule has 0 aliphatic carbocycles. The number of ether oxygens (including phenoxy) is 1. The lowest BCUT2D eigenvalue weighted by molar-refractivity contribution is -0.119. The number of nitrogens with one attached hydrogen (secondary N) is 1. The molecule has 6 nitrogen and oxygen atoms in total. The molecule has 0 bridgehead atoms. The topological polar surface area (TPSA) is 75.7 Å². The van der Waals surface area contributed by atoms with Crippen LogP contribution in [-0.2, 0) is 20.2 Å². The van der Waals surface area contributed by atoms with E-state index in [4.69, 9.17) is 4.74 Å². The summed E-state index contributed by atoms with van der Waals surface area (Å²) < 4.78 is 31.3. The maximum Gasteiger partial charge on any atom is 0.240 e. The van der Waals surface area contributed by atoms with Crippen LogP contribution < -0.4 is 14.4 Å². The molecule has 7 heteroatoms. The Hall–Kier alpha value is -2.54. The van der Waals surface area contributed by atoms with Gasteiger partial charge in [0.05, 0.1) is 18.5 Å². The van der Waals surface area contributed by atoms with Crippen molar-refractivity contribution in [3.05, 3.63) is 59.2 Å². The summed E-state index contributed by atoms with van der Waals surface area (Å²) in [4.78, 5) is 12.4. The molecule has 1 amide bonds. The normalized spacial score (nSPS) is 11.8. The van der Waals surface area contributed by atoms with Crippen molar-refractivity contribution in [2.45, 2.75) is 40.0 Å². The van der Waals surface area contributed by atoms with E-state index < -0.39 is 10.0 Å². The number of nitrogens with zero attached hydrogens (tertiary/aromatic N) is 1. The van der Waals surface area contributed by atoms with Crippen molar-refractivity contribution >= 4 is 21.6 Å². The number of hydrogen-bond acceptors (Lipinski definition) is 4. The van der Waals surface area contributed by atoms with Gasteiger partial charge in [-0.2, -0.15) is 0 Å². The van der Waals surface area contributed by atoms with Crippen molar-refractivity contribution in [1.82, 2.24) is 5.32 Å². The van der Waals surface area contributed by atoms with Crippen LogP contribution in [0.25, 0.3) is 0 Å². The number of sulfonamides is 1. The fraction of sp³-hybridized carbons (Fsp3) is 0.435. The average molecular weight is 433 g/mol. The summed E-state index contributed by atoms with van der Waals surface area (Å²) in [7, 11) is -3.60. The molecule has 0 aliphatic heterocycles. The summed E-state index contributed by atoms with van der Waals surface area (Å²) >= 11 is 0. The van der Waals surface area contributed by atoms with Gasteiger partial charge < -0.3 is 10.1 Å². The summed E-state index contributed by atoms with van der Waals surface area (Å²) in [6, 6.07) is 13.4. The van der Waals surface area contributed by atoms with Crippen LogP contribution in [0.1, 0.15) is 37.5 Å². The zero-order chi connectivity index (χ0) is 22.5. The fourth-order valence-corrected chi connectivity index (χ4v) is 3.87. The van der Waals surface area contributed by atoms with Crippen molar-refractivity contribution < 1.29 is 17.9 Å². The highest BCUT2D eigenvalue weighted by Gasteiger charge is 2.22. The van der Waals surface area contributed by atoms with Crippen LogP contribution in [-0.4, -0.2) is 40.3 Å². The molecular weight excluding hydrogens is 400 g/mol. The van der Waals surface area contributed by atoms with Crippen LogP contribution >= 0.6 is 0 Å². The van der Waals surface area contributed by atoms with Gasteiger partial charge in [-0.1, -0.05) is 45.0 Å². The first-order valence-electron chi connectivity index (χ1n) is 9.93. The predicted molar refractivity (Wildman–Crippen MR) is 122 cm³/mol. The summed E-state index contributed by atoms with van der Waals surface area (Å²) in [5.74, 6) is 0.346. The fourth-order valence-electron chi connectivity index (χ4n) is 2.97. The van der Waals surface area contributed by atoms with E-state index in [1.54, 1.807) is 6.07 Å². The van der Waals surface area contributed by atoms with Crippen molar-refractivity contribution in [3.63, 3.8) is 0 Å². The van der Waals surface area contributed by atoms with Gasteiger partial charge in [-0.05, 0) is 54.2 Å². The highest BCUT2D eigenvalue weighted by molar-refractivity contribution is 7.92. The van der Waals surface area contributed by atoms with Crippen LogP contribution in [0.5, 0.6) is 5.75 Å². The molecule has 2 rings (SSSR count). The minimum absolute atomic E-state index is 0.0770. The van der Waals surface area contributed by atoms with Gasteiger partial charge in [0, 0.05) is 0 Å². The molecule has 164 valence electrons. The van der Waals surface area contributed by atoms with Gasteiger partial charge in [0.1, 0.15) is 18.9 Å². The van der Waals surface area contributed by atoms with E-state index in [0.29, 0.717) is 12.3 Å². The van der Waals surface area contributed by atoms with Gasteiger partial charge in [-0.15, -0.1) is 0 Å². The molecule has 0 fully saturated rings. The molecule has 1 N–H and O–H groups in total. The quantitative estimate of drug-likeness (QED) is 0.647. The summed E-state index contributed by atoms with van der Waals surface area (Å²) in [6.45, 7) is 10.5. The van der Waals surface area contributed by atoms with E-state index in [2.05, 4.69) is 26.1 Å². The van der Waals surface area contributed by atoms with E-state index in [1.807, 2.05) is 50.2 Å². The maximum atomic E-state index is 12.4. The maximum absolute atomic E-state index is 12.4. The Balaban J connectivity index is 1.91. The predicted octanol–water partition coefficient (Wildman–Crippen LogP) is 3.56. The number of rotatable bonds is 8. The Bertz CT molecular complexity index is 977. The summed E-state index contributed by atoms with van der Waals surface area (Å²) in [5, 5.41) is 2.72. The minimum atomic E-state index is -3.60. The molecule has 0 spiro atoms. The first-order valence-corrected chi connectivity index (χ1v) is 11.8. The number of aryl methyl sites for hydroxylation is 2. The Morgan fingerprint density at radius 3 is 2.27 bits per heavy atom. The van der Waals surface area contributed by atoms with Gasteiger partial charge in [-0.3, -0.25) is 9.10 Å². The zero-order valence-electron chi connectivity index (χ0n) is 18.7. The zero-order valence-corrected chi connectivity index (χ0v) is 19.5. The number of carbonyl (C=O) groups is 1. The van der Waals surface area contributed by atoms with E-state index >= 15 is 0 Å². The molecular formula is C23H32N2O4S. The molecule has 2 aromatic carbocycles.